The summed E-state index contributed by atoms with van der Waals surface area (Å²) >= 11 is 0. The van der Waals surface area contributed by atoms with Crippen molar-refractivity contribution in [3.05, 3.63) is 42.5 Å². The zero-order chi connectivity index (χ0) is 21.9. The zero-order valence-corrected chi connectivity index (χ0v) is 16.7. The van der Waals surface area contributed by atoms with E-state index in [-0.39, 0.29) is 13.0 Å². The summed E-state index contributed by atoms with van der Waals surface area (Å²) in [6, 6.07) is 13.0. The molecule has 0 unspecified atom stereocenters. The Labute approximate surface area is 170 Å². The van der Waals surface area contributed by atoms with Gasteiger partial charge in [0.1, 0.15) is 12.1 Å². The fourth-order valence-electron chi connectivity index (χ4n) is 2.95. The van der Waals surface area contributed by atoms with Gasteiger partial charge in [-0.1, -0.05) is 18.2 Å². The minimum atomic E-state index is -5.95. The Kier molecular flexibility index (Phi) is 6.11. The number of carbonyl (C=O) groups is 1. The summed E-state index contributed by atoms with van der Waals surface area (Å²) in [6.07, 6.45) is -0.588. The number of aromatic nitrogens is 2. The molecule has 160 valence electrons. The maximum Gasteiger partial charge on any atom is 0.534 e. The second kappa shape index (κ2) is 8.42. The molecule has 7 nitrogen and oxygen atoms in total. The van der Waals surface area contributed by atoms with E-state index in [0.29, 0.717) is 17.8 Å². The number of aryl methyl sites for hydroxylation is 1. The van der Waals surface area contributed by atoms with Crippen molar-refractivity contribution in [2.45, 2.75) is 31.8 Å². The van der Waals surface area contributed by atoms with Crippen molar-refractivity contribution < 1.29 is 39.9 Å². The molecule has 0 aliphatic rings. The minimum absolute atomic E-state index is 0.0377. The van der Waals surface area contributed by atoms with Crippen molar-refractivity contribution in [2.75, 3.05) is 6.61 Å². The molecule has 0 spiro atoms. The monoisotopic (exact) mass is 443 g/mol. The smallest absolute Gasteiger partial charge is 0.491 e. The molecule has 0 aliphatic carbocycles. The molecule has 0 saturated carbocycles. The standard InChI is InChI=1S/C19H18F3N2O5S/c1-2-24-14-8-4-3-7-13(14)23-18-15(24)9-5-10-16(18)28-12-6-11-17(25)29-30(26,27)19(20,21)22/h3-5,7-10H,2,6,11-12H2,1H3/q+1. The van der Waals surface area contributed by atoms with Crippen LogP contribution in [0.25, 0.3) is 22.1 Å². The van der Waals surface area contributed by atoms with Crippen LogP contribution in [0.2, 0.25) is 0 Å². The lowest BCUT2D eigenvalue weighted by Crippen LogP contribution is -2.34. The van der Waals surface area contributed by atoms with Crippen molar-refractivity contribution in [3.63, 3.8) is 0 Å². The van der Waals surface area contributed by atoms with Gasteiger partial charge in [0.2, 0.25) is 11.0 Å². The number of halogens is 3. The summed E-state index contributed by atoms with van der Waals surface area (Å²) in [5.41, 5.74) is -2.49. The first kappa shape index (κ1) is 21.8. The van der Waals surface area contributed by atoms with Crippen molar-refractivity contribution in [2.24, 2.45) is 0 Å². The van der Waals surface area contributed by atoms with Gasteiger partial charge in [0.15, 0.2) is 11.3 Å². The highest BCUT2D eigenvalue weighted by atomic mass is 32.2. The third-order valence-electron chi connectivity index (χ3n) is 4.26. The molecular weight excluding hydrogens is 425 g/mol. The number of para-hydroxylation sites is 3. The Hall–Kier alpha value is -2.95. The van der Waals surface area contributed by atoms with Crippen molar-refractivity contribution in [1.29, 1.82) is 0 Å². The van der Waals surface area contributed by atoms with E-state index in [1.165, 1.54) is 0 Å². The highest BCUT2D eigenvalue weighted by Crippen LogP contribution is 2.26. The normalized spacial score (nSPS) is 12.3. The van der Waals surface area contributed by atoms with Crippen molar-refractivity contribution >= 4 is 38.2 Å². The minimum Gasteiger partial charge on any atom is -0.491 e. The number of ether oxygens (including phenoxy) is 1. The SMILES string of the molecule is CC[n+]1c2ccccc2nc2c(OCCCC(=O)OS(=O)(=O)C(F)(F)F)cccc21. The number of hydrogen-bond acceptors (Lipinski definition) is 6. The molecule has 11 heteroatoms. The lowest BCUT2D eigenvalue weighted by molar-refractivity contribution is -0.641. The highest BCUT2D eigenvalue weighted by Gasteiger charge is 2.49. The van der Waals surface area contributed by atoms with Crippen LogP contribution < -0.4 is 9.30 Å². The van der Waals surface area contributed by atoms with Crippen LogP contribution in [0.4, 0.5) is 13.2 Å². The molecule has 3 aromatic rings. The Morgan fingerprint density at radius 3 is 2.50 bits per heavy atom. The number of fused-ring (bicyclic) bond motifs is 2. The fourth-order valence-corrected chi connectivity index (χ4v) is 3.37. The van der Waals surface area contributed by atoms with Gasteiger partial charge in [-0.15, -0.1) is 0 Å². The third kappa shape index (κ3) is 4.45. The van der Waals surface area contributed by atoms with Crippen molar-refractivity contribution in [3.8, 4) is 5.75 Å². The molecule has 0 saturated heterocycles. The molecule has 0 aliphatic heterocycles. The van der Waals surface area contributed by atoms with Gasteiger partial charge in [0, 0.05) is 18.6 Å². The Bertz CT molecular complexity index is 1200. The number of alkyl halides is 3. The topological polar surface area (TPSA) is 86.4 Å². The molecule has 0 atom stereocenters. The molecule has 2 aromatic carbocycles. The fraction of sp³-hybridized carbons (Fsp3) is 0.316. The van der Waals surface area contributed by atoms with Crippen LogP contribution in [0.5, 0.6) is 5.75 Å². The molecule has 1 heterocycles. The quantitative estimate of drug-likeness (QED) is 0.183. The van der Waals surface area contributed by atoms with Crippen molar-refractivity contribution in [1.82, 2.24) is 4.98 Å². The lowest BCUT2D eigenvalue weighted by Gasteiger charge is -2.10. The van der Waals surface area contributed by atoms with Gasteiger partial charge in [0.05, 0.1) is 6.61 Å². The van der Waals surface area contributed by atoms with E-state index in [0.717, 1.165) is 16.6 Å². The maximum atomic E-state index is 12.2. The van der Waals surface area contributed by atoms with E-state index < -0.39 is 28.0 Å². The number of hydrogen-bond donors (Lipinski definition) is 0. The molecule has 1 aromatic heterocycles. The second-order valence-electron chi connectivity index (χ2n) is 6.28. The average molecular weight is 443 g/mol. The average Bonchev–Trinajstić information content (AvgIpc) is 2.68. The molecule has 0 radical (unpaired) electrons. The highest BCUT2D eigenvalue weighted by molar-refractivity contribution is 7.88. The summed E-state index contributed by atoms with van der Waals surface area (Å²) in [5, 5.41) is 0. The summed E-state index contributed by atoms with van der Waals surface area (Å²) in [7, 11) is -5.95. The number of nitrogens with zero attached hydrogens (tertiary/aromatic N) is 2. The Morgan fingerprint density at radius 2 is 1.80 bits per heavy atom. The number of rotatable bonds is 7. The number of benzene rings is 2. The maximum absolute atomic E-state index is 12.2. The van der Waals surface area contributed by atoms with Gasteiger partial charge in [-0.25, -0.2) is 4.98 Å². The van der Waals surface area contributed by atoms with Gasteiger partial charge in [-0.3, -0.25) is 4.79 Å². The van der Waals surface area contributed by atoms with Gasteiger partial charge in [-0.2, -0.15) is 26.2 Å². The van der Waals surface area contributed by atoms with Crippen LogP contribution in [0.1, 0.15) is 19.8 Å². The molecule has 0 bridgehead atoms. The molecule has 0 amide bonds. The van der Waals surface area contributed by atoms with E-state index in [1.54, 1.807) is 12.1 Å². The number of carbonyl (C=O) groups excluding carboxylic acids is 1. The van der Waals surface area contributed by atoms with E-state index in [2.05, 4.69) is 13.7 Å². The Balaban J connectivity index is 1.71. The predicted molar refractivity (Wildman–Crippen MR) is 101 cm³/mol. The van der Waals surface area contributed by atoms with Crippen LogP contribution in [0, 0.1) is 0 Å². The van der Waals surface area contributed by atoms with Crippen LogP contribution in [0.3, 0.4) is 0 Å². The lowest BCUT2D eigenvalue weighted by atomic mass is 10.2. The van der Waals surface area contributed by atoms with Gasteiger partial charge in [-0.05, 0) is 25.5 Å². The summed E-state index contributed by atoms with van der Waals surface area (Å²) in [4.78, 5) is 16.0. The Morgan fingerprint density at radius 1 is 1.10 bits per heavy atom. The molecule has 0 fully saturated rings. The van der Waals surface area contributed by atoms with E-state index in [9.17, 15) is 26.4 Å². The van der Waals surface area contributed by atoms with Crippen LogP contribution in [-0.2, 0) is 25.6 Å². The van der Waals surface area contributed by atoms with Gasteiger partial charge in [0.25, 0.3) is 0 Å². The van der Waals surface area contributed by atoms with E-state index >= 15 is 0 Å². The third-order valence-corrected chi connectivity index (χ3v) is 5.23. The first-order valence-corrected chi connectivity index (χ1v) is 10.4. The first-order chi connectivity index (χ1) is 14.1. The molecule has 3 rings (SSSR count). The zero-order valence-electron chi connectivity index (χ0n) is 15.8. The van der Waals surface area contributed by atoms with E-state index in [4.69, 9.17) is 4.74 Å². The summed E-state index contributed by atoms with van der Waals surface area (Å²) in [6.45, 7) is 2.66. The first-order valence-electron chi connectivity index (χ1n) is 9.01. The van der Waals surface area contributed by atoms with Crippen LogP contribution >= 0.6 is 0 Å². The summed E-state index contributed by atoms with van der Waals surface area (Å²) in [5.74, 6) is -1.06. The molecule has 30 heavy (non-hydrogen) atoms. The van der Waals surface area contributed by atoms with Crippen LogP contribution in [-0.4, -0.2) is 31.5 Å². The van der Waals surface area contributed by atoms with Gasteiger partial charge < -0.3 is 8.92 Å². The molecular formula is C19H18F3N2O5S+. The second-order valence-corrected chi connectivity index (χ2v) is 7.81. The largest absolute Gasteiger partial charge is 0.534 e. The predicted octanol–water partition coefficient (Wildman–Crippen LogP) is 3.25. The van der Waals surface area contributed by atoms with Gasteiger partial charge >= 0.3 is 21.6 Å². The molecule has 0 N–H and O–H groups in total. The summed E-state index contributed by atoms with van der Waals surface area (Å²) < 4.78 is 69.6. The van der Waals surface area contributed by atoms with Crippen LogP contribution in [0.15, 0.2) is 42.5 Å². The van der Waals surface area contributed by atoms with E-state index in [1.807, 2.05) is 37.3 Å².